The first-order valence-electron chi connectivity index (χ1n) is 7.70. The molecule has 0 N–H and O–H groups in total. The first-order chi connectivity index (χ1) is 11.7. The van der Waals surface area contributed by atoms with E-state index in [-0.39, 0.29) is 11.4 Å². The van der Waals surface area contributed by atoms with Gasteiger partial charge >= 0.3 is 0 Å². The Balaban J connectivity index is 2.13. The van der Waals surface area contributed by atoms with Gasteiger partial charge in [-0.3, -0.25) is 9.36 Å². The topological polar surface area (TPSA) is 22.0 Å². The molecular formula is C21H14FNO. The maximum absolute atomic E-state index is 13.7. The van der Waals surface area contributed by atoms with Gasteiger partial charge in [-0.1, -0.05) is 54.6 Å². The van der Waals surface area contributed by atoms with Crippen LogP contribution in [0.3, 0.4) is 0 Å². The highest BCUT2D eigenvalue weighted by Crippen LogP contribution is 2.25. The lowest BCUT2D eigenvalue weighted by molar-refractivity contribution is 0.626. The molecule has 116 valence electrons. The summed E-state index contributed by atoms with van der Waals surface area (Å²) in [6, 6.07) is 25.2. The van der Waals surface area contributed by atoms with Crippen LogP contribution in [-0.2, 0) is 0 Å². The van der Waals surface area contributed by atoms with Crippen LogP contribution in [-0.4, -0.2) is 4.57 Å². The zero-order chi connectivity index (χ0) is 16.5. The molecule has 0 bridgehead atoms. The Bertz CT molecular complexity index is 1080. The summed E-state index contributed by atoms with van der Waals surface area (Å²) in [5, 5.41) is 1.48. The first-order valence-corrected chi connectivity index (χ1v) is 7.70. The molecule has 0 fully saturated rings. The van der Waals surface area contributed by atoms with Crippen LogP contribution in [0.5, 0.6) is 0 Å². The molecule has 0 unspecified atom stereocenters. The van der Waals surface area contributed by atoms with Gasteiger partial charge in [-0.15, -0.1) is 0 Å². The normalized spacial score (nSPS) is 10.9. The van der Waals surface area contributed by atoms with Gasteiger partial charge in [0.1, 0.15) is 5.82 Å². The molecular weight excluding hydrogens is 301 g/mol. The van der Waals surface area contributed by atoms with Crippen molar-refractivity contribution in [2.45, 2.75) is 0 Å². The van der Waals surface area contributed by atoms with Crippen molar-refractivity contribution in [1.29, 1.82) is 0 Å². The fourth-order valence-corrected chi connectivity index (χ4v) is 2.95. The average Bonchev–Trinajstić information content (AvgIpc) is 2.62. The number of aromatic nitrogens is 1. The Kier molecular flexibility index (Phi) is 3.47. The summed E-state index contributed by atoms with van der Waals surface area (Å²) >= 11 is 0. The maximum Gasteiger partial charge on any atom is 0.263 e. The van der Waals surface area contributed by atoms with Gasteiger partial charge in [0.25, 0.3) is 5.56 Å². The van der Waals surface area contributed by atoms with E-state index in [1.165, 1.54) is 12.1 Å². The zero-order valence-electron chi connectivity index (χ0n) is 12.8. The fraction of sp³-hybridized carbons (Fsp3) is 0. The molecule has 0 atom stereocenters. The zero-order valence-corrected chi connectivity index (χ0v) is 12.8. The van der Waals surface area contributed by atoms with Crippen LogP contribution in [0.2, 0.25) is 0 Å². The van der Waals surface area contributed by atoms with Crippen LogP contribution < -0.4 is 5.56 Å². The standard InChI is InChI=1S/C21H14FNO/c22-17-10-6-11-18(14-17)23-20(15-7-2-1-3-8-15)13-16-9-4-5-12-19(16)21(23)24/h1-14H. The molecule has 0 spiro atoms. The van der Waals surface area contributed by atoms with E-state index in [1.807, 2.05) is 54.6 Å². The molecule has 4 aromatic rings. The van der Waals surface area contributed by atoms with E-state index in [2.05, 4.69) is 0 Å². The number of pyridine rings is 1. The third-order valence-electron chi connectivity index (χ3n) is 4.06. The third kappa shape index (κ3) is 2.40. The molecule has 3 aromatic carbocycles. The number of rotatable bonds is 2. The van der Waals surface area contributed by atoms with E-state index in [0.717, 1.165) is 16.6 Å². The lowest BCUT2D eigenvalue weighted by Gasteiger charge is -2.15. The molecule has 0 saturated carbocycles. The van der Waals surface area contributed by atoms with Gasteiger partial charge in [0.2, 0.25) is 0 Å². The van der Waals surface area contributed by atoms with Gasteiger partial charge < -0.3 is 0 Å². The molecule has 0 aliphatic rings. The largest absolute Gasteiger partial charge is 0.276 e. The summed E-state index contributed by atoms with van der Waals surface area (Å²) < 4.78 is 15.3. The summed E-state index contributed by atoms with van der Waals surface area (Å²) in [5.41, 5.74) is 2.01. The van der Waals surface area contributed by atoms with Gasteiger partial charge in [0.15, 0.2) is 0 Å². The summed E-state index contributed by atoms with van der Waals surface area (Å²) in [5.74, 6) is -0.369. The molecule has 4 rings (SSSR count). The fourth-order valence-electron chi connectivity index (χ4n) is 2.95. The molecule has 1 aromatic heterocycles. The second-order valence-electron chi connectivity index (χ2n) is 5.60. The highest BCUT2D eigenvalue weighted by molar-refractivity contribution is 5.86. The number of fused-ring (bicyclic) bond motifs is 1. The van der Waals surface area contributed by atoms with Gasteiger partial charge in [0, 0.05) is 5.39 Å². The van der Waals surface area contributed by atoms with Crippen LogP contribution in [0, 0.1) is 5.82 Å². The van der Waals surface area contributed by atoms with E-state index >= 15 is 0 Å². The van der Waals surface area contributed by atoms with Crippen molar-refractivity contribution in [3.63, 3.8) is 0 Å². The smallest absolute Gasteiger partial charge is 0.263 e. The predicted octanol–water partition coefficient (Wildman–Crippen LogP) is 4.80. The average molecular weight is 315 g/mol. The van der Waals surface area contributed by atoms with Gasteiger partial charge in [0.05, 0.1) is 11.4 Å². The van der Waals surface area contributed by atoms with Crippen LogP contribution in [0.15, 0.2) is 89.7 Å². The molecule has 1 heterocycles. The van der Waals surface area contributed by atoms with Crippen molar-refractivity contribution in [1.82, 2.24) is 4.57 Å². The Morgan fingerprint density at radius 1 is 0.750 bits per heavy atom. The molecule has 2 nitrogen and oxygen atoms in total. The minimum absolute atomic E-state index is 0.155. The quantitative estimate of drug-likeness (QED) is 0.521. The van der Waals surface area contributed by atoms with E-state index < -0.39 is 0 Å². The molecule has 0 aliphatic heterocycles. The van der Waals surface area contributed by atoms with E-state index in [4.69, 9.17) is 0 Å². The first kappa shape index (κ1) is 14.4. The predicted molar refractivity (Wildman–Crippen MR) is 94.9 cm³/mol. The lowest BCUT2D eigenvalue weighted by atomic mass is 10.1. The van der Waals surface area contributed by atoms with Crippen molar-refractivity contribution in [3.05, 3.63) is 101 Å². The highest BCUT2D eigenvalue weighted by atomic mass is 19.1. The lowest BCUT2D eigenvalue weighted by Crippen LogP contribution is -2.20. The van der Waals surface area contributed by atoms with Gasteiger partial charge in [-0.05, 0) is 41.3 Å². The minimum Gasteiger partial charge on any atom is -0.276 e. The van der Waals surface area contributed by atoms with Crippen LogP contribution in [0.1, 0.15) is 0 Å². The Labute approximate surface area is 138 Å². The number of halogens is 1. The Morgan fingerprint density at radius 3 is 2.29 bits per heavy atom. The molecule has 0 amide bonds. The second-order valence-corrected chi connectivity index (χ2v) is 5.60. The third-order valence-corrected chi connectivity index (χ3v) is 4.06. The van der Waals surface area contributed by atoms with Crippen molar-refractivity contribution in [2.24, 2.45) is 0 Å². The van der Waals surface area contributed by atoms with Gasteiger partial charge in [-0.2, -0.15) is 0 Å². The molecule has 0 aliphatic carbocycles. The molecule has 3 heteroatoms. The summed E-state index contributed by atoms with van der Waals surface area (Å²) in [6.45, 7) is 0. The van der Waals surface area contributed by atoms with E-state index in [1.54, 1.807) is 22.8 Å². The number of hydrogen-bond acceptors (Lipinski definition) is 1. The van der Waals surface area contributed by atoms with E-state index in [0.29, 0.717) is 11.1 Å². The highest BCUT2D eigenvalue weighted by Gasteiger charge is 2.12. The monoisotopic (exact) mass is 315 g/mol. The van der Waals surface area contributed by atoms with E-state index in [9.17, 15) is 9.18 Å². The number of hydrogen-bond donors (Lipinski definition) is 0. The maximum atomic E-state index is 13.7. The summed E-state index contributed by atoms with van der Waals surface area (Å²) in [4.78, 5) is 13.1. The molecule has 0 radical (unpaired) electrons. The summed E-state index contributed by atoms with van der Waals surface area (Å²) in [7, 11) is 0. The molecule has 24 heavy (non-hydrogen) atoms. The second kappa shape index (κ2) is 5.78. The van der Waals surface area contributed by atoms with Crippen molar-refractivity contribution < 1.29 is 4.39 Å². The number of benzene rings is 3. The van der Waals surface area contributed by atoms with Gasteiger partial charge in [-0.25, -0.2) is 4.39 Å². The minimum atomic E-state index is -0.369. The van der Waals surface area contributed by atoms with Crippen LogP contribution in [0.25, 0.3) is 27.7 Å². The van der Waals surface area contributed by atoms with Crippen LogP contribution >= 0.6 is 0 Å². The SMILES string of the molecule is O=c1c2ccccc2cc(-c2ccccc2)n1-c1cccc(F)c1. The number of nitrogens with zero attached hydrogens (tertiary/aromatic N) is 1. The Morgan fingerprint density at radius 2 is 1.50 bits per heavy atom. The Hall–Kier alpha value is -3.20. The molecule has 0 saturated heterocycles. The summed E-state index contributed by atoms with van der Waals surface area (Å²) in [6.07, 6.45) is 0. The van der Waals surface area contributed by atoms with Crippen LogP contribution in [0.4, 0.5) is 4.39 Å². The van der Waals surface area contributed by atoms with Crippen molar-refractivity contribution >= 4 is 10.8 Å². The van der Waals surface area contributed by atoms with Crippen molar-refractivity contribution in [2.75, 3.05) is 0 Å². The van der Waals surface area contributed by atoms with Crippen molar-refractivity contribution in [3.8, 4) is 16.9 Å².